The molecule has 4 nitrogen and oxygen atoms in total. The monoisotopic (exact) mass is 308 g/mol. The summed E-state index contributed by atoms with van der Waals surface area (Å²) in [4.78, 5) is 16.3. The summed E-state index contributed by atoms with van der Waals surface area (Å²) in [6.45, 7) is 4.40. The molecule has 3 aromatic rings. The predicted octanol–water partition coefficient (Wildman–Crippen LogP) is 3.69. The number of aryl methyl sites for hydroxylation is 3. The third kappa shape index (κ3) is 3.97. The minimum atomic E-state index is 0.0583. The first-order valence-electron chi connectivity index (χ1n) is 7.78. The molecule has 0 spiro atoms. The zero-order chi connectivity index (χ0) is 16.2. The van der Waals surface area contributed by atoms with Gasteiger partial charge in [0.05, 0.1) is 0 Å². The SMILES string of the molecule is Cc1cccc(CCC(=O)NCc2ccc3oc(C)nc3c2)c1. The van der Waals surface area contributed by atoms with Crippen LogP contribution in [0.1, 0.15) is 29.0 Å². The summed E-state index contributed by atoms with van der Waals surface area (Å²) in [6.07, 6.45) is 1.25. The van der Waals surface area contributed by atoms with Crippen molar-refractivity contribution in [2.45, 2.75) is 33.2 Å². The summed E-state index contributed by atoms with van der Waals surface area (Å²) >= 11 is 0. The number of oxazole rings is 1. The van der Waals surface area contributed by atoms with Gasteiger partial charge < -0.3 is 9.73 Å². The summed E-state index contributed by atoms with van der Waals surface area (Å²) in [7, 11) is 0. The fourth-order valence-electron chi connectivity index (χ4n) is 2.61. The second-order valence-corrected chi connectivity index (χ2v) is 5.80. The molecule has 4 heteroatoms. The van der Waals surface area contributed by atoms with Crippen LogP contribution >= 0.6 is 0 Å². The maximum atomic E-state index is 12.0. The second kappa shape index (κ2) is 6.65. The van der Waals surface area contributed by atoms with Crippen LogP contribution in [0.2, 0.25) is 0 Å². The number of hydrogen-bond acceptors (Lipinski definition) is 3. The van der Waals surface area contributed by atoms with Gasteiger partial charge in [0.1, 0.15) is 5.52 Å². The van der Waals surface area contributed by atoms with Crippen LogP contribution in [0.5, 0.6) is 0 Å². The lowest BCUT2D eigenvalue weighted by Gasteiger charge is -2.06. The molecular formula is C19H20N2O2. The lowest BCUT2D eigenvalue weighted by Crippen LogP contribution is -2.22. The summed E-state index contributed by atoms with van der Waals surface area (Å²) in [6, 6.07) is 14.1. The van der Waals surface area contributed by atoms with E-state index in [1.165, 1.54) is 11.1 Å². The Balaban J connectivity index is 1.53. The Morgan fingerprint density at radius 3 is 2.83 bits per heavy atom. The number of aromatic nitrogens is 1. The highest BCUT2D eigenvalue weighted by atomic mass is 16.3. The quantitative estimate of drug-likeness (QED) is 0.782. The standard InChI is InChI=1S/C19H20N2O2/c1-13-4-3-5-15(10-13)7-9-19(22)20-12-16-6-8-18-17(11-16)21-14(2)23-18/h3-6,8,10-11H,7,9,12H2,1-2H3,(H,20,22). The Kier molecular flexibility index (Phi) is 4.42. The van der Waals surface area contributed by atoms with Crippen LogP contribution in [-0.4, -0.2) is 10.9 Å². The first-order chi connectivity index (χ1) is 11.1. The second-order valence-electron chi connectivity index (χ2n) is 5.80. The van der Waals surface area contributed by atoms with E-state index in [2.05, 4.69) is 35.4 Å². The number of hydrogen-bond donors (Lipinski definition) is 1. The molecular weight excluding hydrogens is 288 g/mol. The Morgan fingerprint density at radius 1 is 1.13 bits per heavy atom. The van der Waals surface area contributed by atoms with Gasteiger partial charge in [0.25, 0.3) is 0 Å². The molecule has 1 heterocycles. The highest BCUT2D eigenvalue weighted by Crippen LogP contribution is 2.16. The van der Waals surface area contributed by atoms with Crippen LogP contribution in [0.4, 0.5) is 0 Å². The highest BCUT2D eigenvalue weighted by molar-refractivity contribution is 5.77. The molecule has 3 rings (SSSR count). The van der Waals surface area contributed by atoms with Gasteiger partial charge in [0, 0.05) is 19.9 Å². The zero-order valence-corrected chi connectivity index (χ0v) is 13.4. The largest absolute Gasteiger partial charge is 0.441 e. The van der Waals surface area contributed by atoms with E-state index in [1.54, 1.807) is 0 Å². The highest BCUT2D eigenvalue weighted by Gasteiger charge is 2.06. The number of rotatable bonds is 5. The number of carbonyl (C=O) groups is 1. The molecule has 0 aliphatic rings. The summed E-state index contributed by atoms with van der Waals surface area (Å²) in [5.41, 5.74) is 5.04. The summed E-state index contributed by atoms with van der Waals surface area (Å²) < 4.78 is 5.45. The van der Waals surface area contributed by atoms with Crippen molar-refractivity contribution in [3.8, 4) is 0 Å². The Hall–Kier alpha value is -2.62. The lowest BCUT2D eigenvalue weighted by molar-refractivity contribution is -0.121. The fraction of sp³-hybridized carbons (Fsp3) is 0.263. The van der Waals surface area contributed by atoms with Crippen molar-refractivity contribution in [2.75, 3.05) is 0 Å². The maximum Gasteiger partial charge on any atom is 0.220 e. The molecule has 0 saturated carbocycles. The molecule has 0 saturated heterocycles. The van der Waals surface area contributed by atoms with E-state index in [9.17, 15) is 4.79 Å². The van der Waals surface area contributed by atoms with Crippen LogP contribution in [-0.2, 0) is 17.8 Å². The van der Waals surface area contributed by atoms with Gasteiger partial charge in [-0.1, -0.05) is 35.9 Å². The van der Waals surface area contributed by atoms with Gasteiger partial charge in [-0.05, 0) is 36.6 Å². The van der Waals surface area contributed by atoms with Gasteiger partial charge in [-0.3, -0.25) is 4.79 Å². The minimum Gasteiger partial charge on any atom is -0.441 e. The van der Waals surface area contributed by atoms with E-state index < -0.39 is 0 Å². The van der Waals surface area contributed by atoms with Crippen LogP contribution in [0.3, 0.4) is 0 Å². The molecule has 0 atom stereocenters. The van der Waals surface area contributed by atoms with E-state index in [-0.39, 0.29) is 5.91 Å². The van der Waals surface area contributed by atoms with Crippen molar-refractivity contribution in [1.82, 2.24) is 10.3 Å². The molecule has 0 unspecified atom stereocenters. The van der Waals surface area contributed by atoms with Gasteiger partial charge in [-0.2, -0.15) is 0 Å². The predicted molar refractivity (Wildman–Crippen MR) is 90.1 cm³/mol. The first-order valence-corrected chi connectivity index (χ1v) is 7.78. The van der Waals surface area contributed by atoms with Crippen LogP contribution in [0.15, 0.2) is 46.9 Å². The number of nitrogens with zero attached hydrogens (tertiary/aromatic N) is 1. The maximum absolute atomic E-state index is 12.0. The molecule has 118 valence electrons. The van der Waals surface area contributed by atoms with Crippen molar-refractivity contribution in [3.05, 3.63) is 65.0 Å². The van der Waals surface area contributed by atoms with Gasteiger partial charge in [0.2, 0.25) is 5.91 Å². The van der Waals surface area contributed by atoms with Crippen molar-refractivity contribution >= 4 is 17.0 Å². The Morgan fingerprint density at radius 2 is 2.00 bits per heavy atom. The molecule has 23 heavy (non-hydrogen) atoms. The summed E-state index contributed by atoms with van der Waals surface area (Å²) in [5, 5.41) is 2.96. The van der Waals surface area contributed by atoms with Crippen molar-refractivity contribution in [2.24, 2.45) is 0 Å². The number of carbonyl (C=O) groups excluding carboxylic acids is 1. The van der Waals surface area contributed by atoms with E-state index in [4.69, 9.17) is 4.42 Å². The Bertz CT molecular complexity index is 836. The van der Waals surface area contributed by atoms with Gasteiger partial charge in [-0.25, -0.2) is 4.98 Å². The number of amides is 1. The summed E-state index contributed by atoms with van der Waals surface area (Å²) in [5.74, 6) is 0.710. The van der Waals surface area contributed by atoms with Gasteiger partial charge in [0.15, 0.2) is 11.5 Å². The van der Waals surface area contributed by atoms with E-state index in [0.29, 0.717) is 18.9 Å². The zero-order valence-electron chi connectivity index (χ0n) is 13.4. The van der Waals surface area contributed by atoms with Gasteiger partial charge >= 0.3 is 0 Å². The molecule has 2 aromatic carbocycles. The van der Waals surface area contributed by atoms with E-state index in [1.807, 2.05) is 31.2 Å². The van der Waals surface area contributed by atoms with Gasteiger partial charge in [-0.15, -0.1) is 0 Å². The normalized spacial score (nSPS) is 10.9. The van der Waals surface area contributed by atoms with Crippen molar-refractivity contribution < 1.29 is 9.21 Å². The molecule has 1 N–H and O–H groups in total. The van der Waals surface area contributed by atoms with E-state index in [0.717, 1.165) is 23.1 Å². The number of benzene rings is 2. The molecule has 0 radical (unpaired) electrons. The van der Waals surface area contributed by atoms with E-state index >= 15 is 0 Å². The molecule has 1 aromatic heterocycles. The van der Waals surface area contributed by atoms with Crippen molar-refractivity contribution in [1.29, 1.82) is 0 Å². The number of fused-ring (bicyclic) bond motifs is 1. The first kappa shape index (κ1) is 15.3. The smallest absolute Gasteiger partial charge is 0.220 e. The molecule has 0 fully saturated rings. The number of nitrogens with one attached hydrogen (secondary N) is 1. The molecule has 1 amide bonds. The van der Waals surface area contributed by atoms with Crippen LogP contribution in [0, 0.1) is 13.8 Å². The van der Waals surface area contributed by atoms with Crippen molar-refractivity contribution in [3.63, 3.8) is 0 Å². The average Bonchev–Trinajstić information content (AvgIpc) is 2.90. The third-order valence-corrected chi connectivity index (χ3v) is 3.77. The molecule has 0 aliphatic carbocycles. The van der Waals surface area contributed by atoms with Crippen LogP contribution < -0.4 is 5.32 Å². The fourth-order valence-corrected chi connectivity index (χ4v) is 2.61. The topological polar surface area (TPSA) is 55.1 Å². The minimum absolute atomic E-state index is 0.0583. The van der Waals surface area contributed by atoms with Crippen LogP contribution in [0.25, 0.3) is 11.1 Å². The third-order valence-electron chi connectivity index (χ3n) is 3.77. The average molecular weight is 308 g/mol. The molecule has 0 bridgehead atoms. The molecule has 0 aliphatic heterocycles. The Labute approximate surface area is 135 Å². The lowest BCUT2D eigenvalue weighted by atomic mass is 10.1.